The molecule has 1 aliphatic rings. The van der Waals surface area contributed by atoms with E-state index in [4.69, 9.17) is 4.98 Å². The molecule has 0 saturated carbocycles. The van der Waals surface area contributed by atoms with Crippen molar-refractivity contribution in [1.29, 1.82) is 0 Å². The number of aromatic nitrogens is 2. The molecule has 3 aromatic rings. The van der Waals surface area contributed by atoms with Crippen molar-refractivity contribution in [2.24, 2.45) is 5.92 Å². The van der Waals surface area contributed by atoms with Crippen molar-refractivity contribution in [3.05, 3.63) is 64.2 Å². The van der Waals surface area contributed by atoms with Gasteiger partial charge in [0.1, 0.15) is 5.82 Å². The summed E-state index contributed by atoms with van der Waals surface area (Å²) in [6.45, 7) is 11.2. The fourth-order valence-electron chi connectivity index (χ4n) is 4.86. The summed E-state index contributed by atoms with van der Waals surface area (Å²) >= 11 is 0. The van der Waals surface area contributed by atoms with Crippen LogP contribution in [0.1, 0.15) is 57.8 Å². The molecule has 182 valence electrons. The van der Waals surface area contributed by atoms with Gasteiger partial charge in [-0.25, -0.2) is 4.98 Å². The highest BCUT2D eigenvalue weighted by Crippen LogP contribution is 2.31. The maximum atomic E-state index is 13.7. The fraction of sp³-hybridized carbons (Fsp3) is 0.481. The van der Waals surface area contributed by atoms with E-state index in [0.29, 0.717) is 40.5 Å². The van der Waals surface area contributed by atoms with Crippen molar-refractivity contribution in [2.45, 2.75) is 65.2 Å². The summed E-state index contributed by atoms with van der Waals surface area (Å²) in [5.41, 5.74) is 1.18. The quantitative estimate of drug-likeness (QED) is 0.437. The molecule has 34 heavy (non-hydrogen) atoms. The molecule has 2 aromatic carbocycles. The van der Waals surface area contributed by atoms with Crippen LogP contribution in [-0.2, 0) is 12.7 Å². The molecule has 0 unspecified atom stereocenters. The third-order valence-corrected chi connectivity index (χ3v) is 6.77. The molecule has 2 heterocycles. The SMILES string of the molecule is CC(C)c1nc2ccc(-c3ccc(C(F)(F)F)cc3)cc2c(=O)n1C[C@H]1CCCN(C(C)C)C1. The number of hydrogen-bond acceptors (Lipinski definition) is 3. The minimum Gasteiger partial charge on any atom is -0.301 e. The lowest BCUT2D eigenvalue weighted by atomic mass is 9.96. The van der Waals surface area contributed by atoms with E-state index in [1.54, 1.807) is 12.1 Å². The Kier molecular flexibility index (Phi) is 6.85. The molecule has 1 aliphatic heterocycles. The number of rotatable bonds is 5. The molecule has 1 fully saturated rings. The number of halogens is 3. The monoisotopic (exact) mass is 471 g/mol. The van der Waals surface area contributed by atoms with Crippen LogP contribution in [0.25, 0.3) is 22.0 Å². The maximum Gasteiger partial charge on any atom is 0.416 e. The van der Waals surface area contributed by atoms with Gasteiger partial charge in [0.05, 0.1) is 16.5 Å². The highest BCUT2D eigenvalue weighted by molar-refractivity contribution is 5.84. The molecule has 7 heteroatoms. The Morgan fingerprint density at radius 2 is 1.71 bits per heavy atom. The first-order valence-corrected chi connectivity index (χ1v) is 12.0. The van der Waals surface area contributed by atoms with E-state index in [-0.39, 0.29) is 11.5 Å². The zero-order chi connectivity index (χ0) is 24.6. The summed E-state index contributed by atoms with van der Waals surface area (Å²) in [6.07, 6.45) is -2.18. The number of fused-ring (bicyclic) bond motifs is 1. The molecule has 1 aromatic heterocycles. The summed E-state index contributed by atoms with van der Waals surface area (Å²) < 4.78 is 40.6. The van der Waals surface area contributed by atoms with Crippen LogP contribution in [0.4, 0.5) is 13.2 Å². The van der Waals surface area contributed by atoms with E-state index in [2.05, 4.69) is 18.7 Å². The molecule has 4 rings (SSSR count). The number of hydrogen-bond donors (Lipinski definition) is 0. The minimum absolute atomic E-state index is 0.0795. The summed E-state index contributed by atoms with van der Waals surface area (Å²) in [4.78, 5) is 21.0. The van der Waals surface area contributed by atoms with E-state index in [0.717, 1.165) is 43.9 Å². The molecular weight excluding hydrogens is 439 g/mol. The zero-order valence-electron chi connectivity index (χ0n) is 20.2. The van der Waals surface area contributed by atoms with Crippen molar-refractivity contribution in [1.82, 2.24) is 14.5 Å². The average Bonchev–Trinajstić information content (AvgIpc) is 2.80. The van der Waals surface area contributed by atoms with Crippen LogP contribution < -0.4 is 5.56 Å². The van der Waals surface area contributed by atoms with Crippen LogP contribution in [0, 0.1) is 5.92 Å². The van der Waals surface area contributed by atoms with Gasteiger partial charge in [-0.05, 0) is 74.5 Å². The zero-order valence-corrected chi connectivity index (χ0v) is 20.2. The molecule has 1 saturated heterocycles. The number of benzene rings is 2. The Morgan fingerprint density at radius 3 is 2.32 bits per heavy atom. The van der Waals surface area contributed by atoms with Gasteiger partial charge in [-0.2, -0.15) is 13.2 Å². The second-order valence-corrected chi connectivity index (χ2v) is 9.94. The van der Waals surface area contributed by atoms with E-state index < -0.39 is 11.7 Å². The van der Waals surface area contributed by atoms with Gasteiger partial charge in [-0.1, -0.05) is 32.0 Å². The average molecular weight is 472 g/mol. The number of alkyl halides is 3. The number of likely N-dealkylation sites (tertiary alicyclic amines) is 1. The van der Waals surface area contributed by atoms with Gasteiger partial charge in [0.2, 0.25) is 0 Å². The number of nitrogens with zero attached hydrogens (tertiary/aromatic N) is 3. The van der Waals surface area contributed by atoms with Gasteiger partial charge in [0.15, 0.2) is 0 Å². The Morgan fingerprint density at radius 1 is 1.03 bits per heavy atom. The first kappa shape index (κ1) is 24.5. The number of piperidine rings is 1. The third kappa shape index (κ3) is 5.04. The second-order valence-electron chi connectivity index (χ2n) is 9.94. The lowest BCUT2D eigenvalue weighted by Gasteiger charge is -2.36. The Labute approximate surface area is 198 Å². The van der Waals surface area contributed by atoms with E-state index >= 15 is 0 Å². The summed E-state index contributed by atoms with van der Waals surface area (Å²) in [6, 6.07) is 10.9. The van der Waals surface area contributed by atoms with Gasteiger partial charge in [-0.15, -0.1) is 0 Å². The van der Waals surface area contributed by atoms with E-state index in [1.165, 1.54) is 12.1 Å². The van der Waals surface area contributed by atoms with Crippen LogP contribution in [0.5, 0.6) is 0 Å². The Balaban J connectivity index is 1.73. The van der Waals surface area contributed by atoms with Gasteiger partial charge < -0.3 is 4.90 Å². The minimum atomic E-state index is -4.38. The van der Waals surface area contributed by atoms with Crippen molar-refractivity contribution < 1.29 is 13.2 Å². The first-order valence-electron chi connectivity index (χ1n) is 12.0. The summed E-state index contributed by atoms with van der Waals surface area (Å²) in [7, 11) is 0. The summed E-state index contributed by atoms with van der Waals surface area (Å²) in [5, 5.41) is 0.498. The largest absolute Gasteiger partial charge is 0.416 e. The molecule has 0 aliphatic carbocycles. The van der Waals surface area contributed by atoms with Crippen molar-refractivity contribution in [3.8, 4) is 11.1 Å². The first-order chi connectivity index (χ1) is 16.0. The topological polar surface area (TPSA) is 38.1 Å². The smallest absolute Gasteiger partial charge is 0.301 e. The second kappa shape index (κ2) is 9.53. The lowest BCUT2D eigenvalue weighted by molar-refractivity contribution is -0.137. The Bertz CT molecular complexity index is 1210. The Hall–Kier alpha value is -2.67. The van der Waals surface area contributed by atoms with Gasteiger partial charge in [0.25, 0.3) is 5.56 Å². The highest BCUT2D eigenvalue weighted by atomic mass is 19.4. The normalized spacial score (nSPS) is 17.7. The predicted octanol–water partition coefficient (Wildman–Crippen LogP) is 6.33. The molecule has 0 spiro atoms. The van der Waals surface area contributed by atoms with E-state index in [9.17, 15) is 18.0 Å². The molecule has 0 amide bonds. The van der Waals surface area contributed by atoms with Crippen LogP contribution >= 0.6 is 0 Å². The fourth-order valence-corrected chi connectivity index (χ4v) is 4.86. The lowest BCUT2D eigenvalue weighted by Crippen LogP contribution is -2.42. The standard InChI is InChI=1S/C27H32F3N3O/c1-17(2)25-31-24-12-9-21(20-7-10-22(11-8-20)27(28,29)30)14-23(24)26(34)33(25)16-19-6-5-13-32(15-19)18(3)4/h7-12,14,17-19H,5-6,13,15-16H2,1-4H3/t19-/m0/s1. The molecule has 0 bridgehead atoms. The molecule has 0 N–H and O–H groups in total. The summed E-state index contributed by atoms with van der Waals surface area (Å²) in [5.74, 6) is 1.25. The molecule has 4 nitrogen and oxygen atoms in total. The predicted molar refractivity (Wildman–Crippen MR) is 130 cm³/mol. The molecule has 1 atom stereocenters. The van der Waals surface area contributed by atoms with Crippen LogP contribution in [0.3, 0.4) is 0 Å². The third-order valence-electron chi connectivity index (χ3n) is 6.77. The van der Waals surface area contributed by atoms with Gasteiger partial charge >= 0.3 is 6.18 Å². The van der Waals surface area contributed by atoms with Crippen molar-refractivity contribution >= 4 is 10.9 Å². The molecular formula is C27H32F3N3O. The van der Waals surface area contributed by atoms with Crippen LogP contribution in [0.2, 0.25) is 0 Å². The van der Waals surface area contributed by atoms with Crippen molar-refractivity contribution in [3.63, 3.8) is 0 Å². The maximum absolute atomic E-state index is 13.7. The van der Waals surface area contributed by atoms with Gasteiger partial charge in [-0.3, -0.25) is 9.36 Å². The highest BCUT2D eigenvalue weighted by Gasteiger charge is 2.30. The van der Waals surface area contributed by atoms with Crippen molar-refractivity contribution in [2.75, 3.05) is 13.1 Å². The van der Waals surface area contributed by atoms with Gasteiger partial charge in [0, 0.05) is 25.0 Å². The van der Waals surface area contributed by atoms with Crippen LogP contribution in [-0.4, -0.2) is 33.6 Å². The van der Waals surface area contributed by atoms with E-state index in [1.807, 2.05) is 24.5 Å². The molecule has 0 radical (unpaired) electrons. The van der Waals surface area contributed by atoms with Crippen LogP contribution in [0.15, 0.2) is 47.3 Å².